The minimum atomic E-state index is -0.752. The van der Waals surface area contributed by atoms with E-state index < -0.39 is 17.5 Å². The Balaban J connectivity index is 0.00000484. The van der Waals surface area contributed by atoms with E-state index in [0.717, 1.165) is 47.8 Å². The molecule has 0 bridgehead atoms. The Morgan fingerprint density at radius 1 is 0.952 bits per heavy atom. The molecule has 9 heteroatoms. The van der Waals surface area contributed by atoms with E-state index in [9.17, 15) is 14.4 Å². The second-order valence-corrected chi connectivity index (χ2v) is 12.2. The van der Waals surface area contributed by atoms with Crippen molar-refractivity contribution in [2.75, 3.05) is 19.6 Å². The lowest BCUT2D eigenvalue weighted by atomic mass is 9.94. The predicted octanol–water partition coefficient (Wildman–Crippen LogP) is 5.28. The van der Waals surface area contributed by atoms with Crippen LogP contribution in [0.2, 0.25) is 5.02 Å². The number of likely N-dealkylation sites (tertiary alicyclic amines) is 1. The van der Waals surface area contributed by atoms with Gasteiger partial charge in [-0.2, -0.15) is 0 Å². The maximum Gasteiger partial charge on any atom is 0.243 e. The van der Waals surface area contributed by atoms with Crippen molar-refractivity contribution in [3.05, 3.63) is 82.9 Å². The van der Waals surface area contributed by atoms with E-state index >= 15 is 0 Å². The van der Waals surface area contributed by atoms with Crippen LogP contribution in [-0.4, -0.2) is 54.3 Å². The molecule has 1 unspecified atom stereocenters. The molecule has 0 aliphatic carbocycles. The maximum atomic E-state index is 13.5. The van der Waals surface area contributed by atoms with E-state index in [0.29, 0.717) is 31.0 Å². The lowest BCUT2D eigenvalue weighted by Crippen LogP contribution is -2.55. The van der Waals surface area contributed by atoms with Crippen LogP contribution >= 0.6 is 24.0 Å². The number of amides is 3. The van der Waals surface area contributed by atoms with Gasteiger partial charge in [0.2, 0.25) is 17.7 Å². The molecule has 0 saturated carbocycles. The number of rotatable bonds is 11. The van der Waals surface area contributed by atoms with Gasteiger partial charge in [-0.3, -0.25) is 14.4 Å². The quantitative estimate of drug-likeness (QED) is 0.257. The van der Waals surface area contributed by atoms with Gasteiger partial charge in [0.15, 0.2) is 0 Å². The Kier molecular flexibility index (Phi) is 12.2. The summed E-state index contributed by atoms with van der Waals surface area (Å²) in [5.74, 6) is -0.543. The fourth-order valence-corrected chi connectivity index (χ4v) is 5.30. The molecule has 1 heterocycles. The first-order valence-corrected chi connectivity index (χ1v) is 14.8. The van der Waals surface area contributed by atoms with E-state index in [1.807, 2.05) is 81.4 Å². The lowest BCUT2D eigenvalue weighted by Gasteiger charge is -2.31. The van der Waals surface area contributed by atoms with Crippen LogP contribution in [0.15, 0.2) is 66.7 Å². The summed E-state index contributed by atoms with van der Waals surface area (Å²) in [6, 6.07) is 20.6. The standard InChI is InChI=1S/C33H41ClN4O3.ClH/c1-33(2,3)32(41)38-19-6-10-29(38)31(40)37-28(21-24-11-14-25-8-4-5-9-26(25)20-24)30(39)36-18-7-17-35-22-23-12-15-27(34)16-13-23;/h4-5,8-9,11-16,20,28-29,35H,6-7,10,17-19,21-22H2,1-3H3,(H,36,39)(H,37,40);1H/t28-,29?;/m1./s1. The third-order valence-corrected chi connectivity index (χ3v) is 7.67. The summed E-state index contributed by atoms with van der Waals surface area (Å²) in [4.78, 5) is 41.5. The summed E-state index contributed by atoms with van der Waals surface area (Å²) >= 11 is 5.95. The summed E-state index contributed by atoms with van der Waals surface area (Å²) in [6.45, 7) is 8.08. The number of hydrogen-bond donors (Lipinski definition) is 3. The SMILES string of the molecule is CC(C)(C)C(=O)N1CCCC1C(=O)N[C@H](Cc1ccc2ccccc2c1)C(=O)NCCCNCc1ccc(Cl)cc1.Cl. The van der Waals surface area contributed by atoms with E-state index in [4.69, 9.17) is 11.6 Å². The summed E-state index contributed by atoms with van der Waals surface area (Å²) in [5.41, 5.74) is 1.53. The molecule has 1 saturated heterocycles. The van der Waals surface area contributed by atoms with Crippen LogP contribution in [0.1, 0.15) is 51.2 Å². The van der Waals surface area contributed by atoms with Crippen molar-refractivity contribution in [1.29, 1.82) is 0 Å². The topological polar surface area (TPSA) is 90.5 Å². The van der Waals surface area contributed by atoms with Gasteiger partial charge in [0.05, 0.1) is 0 Å². The maximum absolute atomic E-state index is 13.5. The summed E-state index contributed by atoms with van der Waals surface area (Å²) in [5, 5.41) is 12.3. The van der Waals surface area contributed by atoms with Gasteiger partial charge < -0.3 is 20.9 Å². The van der Waals surface area contributed by atoms with Gasteiger partial charge in [0.25, 0.3) is 0 Å². The molecule has 0 aromatic heterocycles. The monoisotopic (exact) mass is 612 g/mol. The molecular formula is C33H42Cl2N4O3. The van der Waals surface area contributed by atoms with Gasteiger partial charge in [0, 0.05) is 36.5 Å². The minimum absolute atomic E-state index is 0. The molecule has 3 N–H and O–H groups in total. The van der Waals surface area contributed by atoms with Gasteiger partial charge in [-0.1, -0.05) is 87.0 Å². The molecule has 3 aromatic rings. The largest absolute Gasteiger partial charge is 0.354 e. The number of hydrogen-bond acceptors (Lipinski definition) is 4. The molecule has 3 aromatic carbocycles. The number of carbonyl (C=O) groups excluding carboxylic acids is 3. The van der Waals surface area contributed by atoms with Gasteiger partial charge in [-0.15, -0.1) is 12.4 Å². The molecule has 4 rings (SSSR count). The molecule has 42 heavy (non-hydrogen) atoms. The summed E-state index contributed by atoms with van der Waals surface area (Å²) in [6.07, 6.45) is 2.46. The van der Waals surface area contributed by atoms with Crippen LogP contribution in [0.4, 0.5) is 0 Å². The average Bonchev–Trinajstić information content (AvgIpc) is 3.44. The first-order valence-electron chi connectivity index (χ1n) is 14.4. The Morgan fingerprint density at radius 3 is 2.36 bits per heavy atom. The minimum Gasteiger partial charge on any atom is -0.354 e. The molecule has 226 valence electrons. The molecule has 0 spiro atoms. The summed E-state index contributed by atoms with van der Waals surface area (Å²) in [7, 11) is 0. The average molecular weight is 614 g/mol. The van der Waals surface area contributed by atoms with E-state index in [2.05, 4.69) is 22.0 Å². The Labute approximate surface area is 260 Å². The van der Waals surface area contributed by atoms with Crippen molar-refractivity contribution in [2.24, 2.45) is 5.41 Å². The second kappa shape index (κ2) is 15.4. The molecule has 1 aliphatic heterocycles. The highest BCUT2D eigenvalue weighted by Gasteiger charge is 2.39. The predicted molar refractivity (Wildman–Crippen MR) is 172 cm³/mol. The van der Waals surface area contributed by atoms with Crippen molar-refractivity contribution >= 4 is 52.5 Å². The second-order valence-electron chi connectivity index (χ2n) is 11.8. The smallest absolute Gasteiger partial charge is 0.243 e. The number of halogens is 2. The van der Waals surface area contributed by atoms with Crippen LogP contribution in [-0.2, 0) is 27.3 Å². The van der Waals surface area contributed by atoms with Crippen molar-refractivity contribution in [3.63, 3.8) is 0 Å². The van der Waals surface area contributed by atoms with Crippen molar-refractivity contribution in [2.45, 2.75) is 65.1 Å². The third kappa shape index (κ3) is 9.18. The first-order chi connectivity index (χ1) is 19.6. The molecule has 3 amide bonds. The van der Waals surface area contributed by atoms with Crippen LogP contribution < -0.4 is 16.0 Å². The molecular weight excluding hydrogens is 571 g/mol. The number of fused-ring (bicyclic) bond motifs is 1. The van der Waals surface area contributed by atoms with Gasteiger partial charge in [0.1, 0.15) is 12.1 Å². The number of benzene rings is 3. The summed E-state index contributed by atoms with van der Waals surface area (Å²) < 4.78 is 0. The van der Waals surface area contributed by atoms with Crippen LogP contribution in [0.5, 0.6) is 0 Å². The highest BCUT2D eigenvalue weighted by atomic mass is 35.5. The van der Waals surface area contributed by atoms with Crippen molar-refractivity contribution in [3.8, 4) is 0 Å². The highest BCUT2D eigenvalue weighted by molar-refractivity contribution is 6.30. The normalized spacial score (nSPS) is 15.6. The third-order valence-electron chi connectivity index (χ3n) is 7.42. The van der Waals surface area contributed by atoms with Crippen LogP contribution in [0.3, 0.4) is 0 Å². The van der Waals surface area contributed by atoms with Crippen molar-refractivity contribution in [1.82, 2.24) is 20.9 Å². The van der Waals surface area contributed by atoms with Crippen LogP contribution in [0.25, 0.3) is 10.8 Å². The Bertz CT molecular complexity index is 1360. The first kappa shape index (κ1) is 33.4. The molecule has 2 atom stereocenters. The fourth-order valence-electron chi connectivity index (χ4n) is 5.17. The van der Waals surface area contributed by atoms with E-state index in [-0.39, 0.29) is 30.1 Å². The van der Waals surface area contributed by atoms with Crippen LogP contribution in [0, 0.1) is 5.41 Å². The molecule has 1 aliphatic rings. The molecule has 0 radical (unpaired) electrons. The van der Waals surface area contributed by atoms with E-state index in [1.165, 1.54) is 0 Å². The Morgan fingerprint density at radius 2 is 1.64 bits per heavy atom. The van der Waals surface area contributed by atoms with E-state index in [1.54, 1.807) is 4.90 Å². The number of nitrogens with zero attached hydrogens (tertiary/aromatic N) is 1. The fraction of sp³-hybridized carbons (Fsp3) is 0.424. The number of carbonyl (C=O) groups is 3. The zero-order valence-electron chi connectivity index (χ0n) is 24.6. The molecule has 7 nitrogen and oxygen atoms in total. The lowest BCUT2D eigenvalue weighted by molar-refractivity contribution is -0.145. The zero-order valence-corrected chi connectivity index (χ0v) is 26.2. The highest BCUT2D eigenvalue weighted by Crippen LogP contribution is 2.26. The van der Waals surface area contributed by atoms with Gasteiger partial charge >= 0.3 is 0 Å². The van der Waals surface area contributed by atoms with Gasteiger partial charge in [-0.05, 0) is 59.8 Å². The zero-order chi connectivity index (χ0) is 29.4. The van der Waals surface area contributed by atoms with Gasteiger partial charge in [-0.25, -0.2) is 0 Å². The molecule has 1 fully saturated rings. The number of nitrogens with one attached hydrogen (secondary N) is 3. The van der Waals surface area contributed by atoms with Crippen molar-refractivity contribution < 1.29 is 14.4 Å². The Hall–Kier alpha value is -3.13.